The lowest BCUT2D eigenvalue weighted by molar-refractivity contribution is -0.122. The Morgan fingerprint density at radius 1 is 0.773 bits per heavy atom. The van der Waals surface area contributed by atoms with E-state index in [2.05, 4.69) is 32.5 Å². The van der Waals surface area contributed by atoms with Gasteiger partial charge in [0.1, 0.15) is 6.04 Å². The van der Waals surface area contributed by atoms with Crippen LogP contribution in [-0.4, -0.2) is 59.8 Å². The number of benzene rings is 4. The summed E-state index contributed by atoms with van der Waals surface area (Å²) in [5.74, 6) is -0.484. The molecule has 224 valence electrons. The van der Waals surface area contributed by atoms with Crippen molar-refractivity contribution in [1.82, 2.24) is 14.8 Å². The Kier molecular flexibility index (Phi) is 9.59. The van der Waals surface area contributed by atoms with E-state index in [-0.39, 0.29) is 25.3 Å². The second-order valence-corrected chi connectivity index (χ2v) is 10.9. The molecule has 44 heavy (non-hydrogen) atoms. The molecule has 1 aliphatic heterocycles. The molecular formula is C35H36N6O2S. The third-order valence-electron chi connectivity index (χ3n) is 7.91. The number of nitrogens with one attached hydrogen (secondary N) is 2. The molecule has 8 nitrogen and oxygen atoms in total. The summed E-state index contributed by atoms with van der Waals surface area (Å²) in [5, 5.41) is 8.20. The van der Waals surface area contributed by atoms with E-state index in [1.807, 2.05) is 84.9 Å². The number of nitrogens with zero attached hydrogens (tertiary/aromatic N) is 3. The van der Waals surface area contributed by atoms with E-state index in [0.717, 1.165) is 53.8 Å². The number of piperazine rings is 1. The fraction of sp³-hybridized carbons (Fsp3) is 0.171. The Morgan fingerprint density at radius 2 is 1.50 bits per heavy atom. The van der Waals surface area contributed by atoms with Gasteiger partial charge in [0.05, 0.1) is 22.6 Å². The molecule has 9 heteroatoms. The van der Waals surface area contributed by atoms with E-state index >= 15 is 0 Å². The minimum Gasteiger partial charge on any atom is -0.397 e. The fourth-order valence-corrected chi connectivity index (χ4v) is 5.42. The van der Waals surface area contributed by atoms with Crippen LogP contribution in [0.3, 0.4) is 0 Å². The van der Waals surface area contributed by atoms with Crippen molar-refractivity contribution in [2.45, 2.75) is 6.04 Å². The number of carbonyl (C=O) groups excluding carboxylic acids is 2. The summed E-state index contributed by atoms with van der Waals surface area (Å²) < 4.78 is 0. The number of likely N-dealkylation sites (N-methyl/N-ethyl adjacent to an activating group) is 1. The number of rotatable bonds is 7. The largest absolute Gasteiger partial charge is 0.397 e. The molecule has 0 aliphatic carbocycles. The lowest BCUT2D eigenvalue weighted by Gasteiger charge is -2.36. The Hall–Kier alpha value is -4.70. The lowest BCUT2D eigenvalue weighted by Crippen LogP contribution is -2.49. The maximum Gasteiger partial charge on any atom is 0.257 e. The first-order valence-electron chi connectivity index (χ1n) is 14.4. The molecular weight excluding hydrogens is 568 g/mol. The molecule has 0 saturated carbocycles. The van der Waals surface area contributed by atoms with Gasteiger partial charge in [0.2, 0.25) is 5.91 Å². The number of carbonyl (C=O) groups is 2. The number of aromatic nitrogens is 1. The molecule has 0 radical (unpaired) electrons. The number of amides is 2. The van der Waals surface area contributed by atoms with E-state index in [0.29, 0.717) is 22.6 Å². The predicted octanol–water partition coefficient (Wildman–Crippen LogP) is 5.78. The van der Waals surface area contributed by atoms with Gasteiger partial charge in [-0.25, -0.2) is 0 Å². The summed E-state index contributed by atoms with van der Waals surface area (Å²) in [6.07, 6.45) is 1.52. The molecule has 0 spiro atoms. The van der Waals surface area contributed by atoms with Crippen molar-refractivity contribution in [2.24, 2.45) is 0 Å². The summed E-state index contributed by atoms with van der Waals surface area (Å²) in [6, 6.07) is 32.3. The van der Waals surface area contributed by atoms with Gasteiger partial charge < -0.3 is 21.3 Å². The van der Waals surface area contributed by atoms with Gasteiger partial charge in [0.25, 0.3) is 5.91 Å². The third-order valence-corrected chi connectivity index (χ3v) is 7.91. The number of nitrogens with two attached hydrogens (primary N) is 1. The maximum atomic E-state index is 13.8. The van der Waals surface area contributed by atoms with Crippen LogP contribution < -0.4 is 16.4 Å². The SMILES string of the molecule is CN1CCN(C(C(=O)Nc2ccc3ccccc3c2)c2ccc(C(=O)Nc3cc(-c4ccccc4)ccc3N)cn2)CC1.S. The van der Waals surface area contributed by atoms with Crippen molar-refractivity contribution in [3.05, 3.63) is 121 Å². The minimum absolute atomic E-state index is 0. The van der Waals surface area contributed by atoms with Gasteiger partial charge in [-0.1, -0.05) is 66.7 Å². The van der Waals surface area contributed by atoms with Crippen LogP contribution in [0.5, 0.6) is 0 Å². The van der Waals surface area contributed by atoms with Crippen molar-refractivity contribution >= 4 is 53.1 Å². The van der Waals surface area contributed by atoms with Crippen LogP contribution in [0, 0.1) is 0 Å². The monoisotopic (exact) mass is 604 g/mol. The van der Waals surface area contributed by atoms with Gasteiger partial charge in [0, 0.05) is 38.1 Å². The molecule has 1 aromatic heterocycles. The van der Waals surface area contributed by atoms with Gasteiger partial charge in [-0.3, -0.25) is 19.5 Å². The molecule has 5 aromatic rings. The number of fused-ring (bicyclic) bond motifs is 1. The van der Waals surface area contributed by atoms with Crippen LogP contribution in [0.4, 0.5) is 17.1 Å². The van der Waals surface area contributed by atoms with Gasteiger partial charge in [-0.15, -0.1) is 0 Å². The van der Waals surface area contributed by atoms with Crippen LogP contribution in [0.1, 0.15) is 22.1 Å². The van der Waals surface area contributed by atoms with E-state index in [1.54, 1.807) is 18.2 Å². The van der Waals surface area contributed by atoms with Crippen molar-refractivity contribution in [3.8, 4) is 11.1 Å². The summed E-state index contributed by atoms with van der Waals surface area (Å²) in [6.45, 7) is 3.16. The van der Waals surface area contributed by atoms with Crippen LogP contribution in [-0.2, 0) is 4.79 Å². The number of nitrogen functional groups attached to an aromatic ring is 1. The van der Waals surface area contributed by atoms with Crippen molar-refractivity contribution in [3.63, 3.8) is 0 Å². The van der Waals surface area contributed by atoms with E-state index in [4.69, 9.17) is 5.73 Å². The summed E-state index contributed by atoms with van der Waals surface area (Å²) in [5.41, 5.74) is 10.9. The zero-order valence-electron chi connectivity index (χ0n) is 24.5. The van der Waals surface area contributed by atoms with Gasteiger partial charge in [-0.05, 0) is 65.3 Å². The third kappa shape index (κ3) is 6.92. The highest BCUT2D eigenvalue weighted by molar-refractivity contribution is 7.59. The number of anilines is 3. The summed E-state index contributed by atoms with van der Waals surface area (Å²) >= 11 is 0. The highest BCUT2D eigenvalue weighted by atomic mass is 32.1. The fourth-order valence-electron chi connectivity index (χ4n) is 5.42. The molecule has 1 aliphatic rings. The summed E-state index contributed by atoms with van der Waals surface area (Å²) in [4.78, 5) is 36.0. The van der Waals surface area contributed by atoms with E-state index in [9.17, 15) is 9.59 Å². The van der Waals surface area contributed by atoms with Crippen molar-refractivity contribution in [1.29, 1.82) is 0 Å². The van der Waals surface area contributed by atoms with Crippen LogP contribution in [0.2, 0.25) is 0 Å². The minimum atomic E-state index is -0.601. The molecule has 6 rings (SSSR count). The number of hydrogen-bond donors (Lipinski definition) is 3. The number of pyridine rings is 1. The topological polar surface area (TPSA) is 104 Å². The van der Waals surface area contributed by atoms with Crippen LogP contribution >= 0.6 is 13.5 Å². The Labute approximate surface area is 264 Å². The zero-order chi connectivity index (χ0) is 29.8. The molecule has 2 heterocycles. The highest BCUT2D eigenvalue weighted by Gasteiger charge is 2.31. The number of hydrogen-bond acceptors (Lipinski definition) is 6. The van der Waals surface area contributed by atoms with Gasteiger partial charge in [-0.2, -0.15) is 13.5 Å². The quantitative estimate of drug-likeness (QED) is 0.204. The molecule has 1 fully saturated rings. The second-order valence-electron chi connectivity index (χ2n) is 10.9. The van der Waals surface area contributed by atoms with Gasteiger partial charge >= 0.3 is 0 Å². The normalized spacial score (nSPS) is 14.4. The first kappa shape index (κ1) is 30.7. The maximum absolute atomic E-state index is 13.8. The lowest BCUT2D eigenvalue weighted by atomic mass is 10.0. The molecule has 4 N–H and O–H groups in total. The van der Waals surface area contributed by atoms with Crippen molar-refractivity contribution in [2.75, 3.05) is 49.6 Å². The molecule has 1 saturated heterocycles. The van der Waals surface area contributed by atoms with Gasteiger partial charge in [0.15, 0.2) is 0 Å². The summed E-state index contributed by atoms with van der Waals surface area (Å²) in [7, 11) is 2.08. The first-order valence-corrected chi connectivity index (χ1v) is 14.4. The molecule has 2 amide bonds. The molecule has 0 bridgehead atoms. The smallest absolute Gasteiger partial charge is 0.257 e. The predicted molar refractivity (Wildman–Crippen MR) is 183 cm³/mol. The second kappa shape index (κ2) is 13.7. The van der Waals surface area contributed by atoms with Crippen LogP contribution in [0.15, 0.2) is 109 Å². The van der Waals surface area contributed by atoms with Crippen LogP contribution in [0.25, 0.3) is 21.9 Å². The molecule has 1 unspecified atom stereocenters. The Balaban J connectivity index is 0.00000384. The Bertz CT molecular complexity index is 1760. The van der Waals surface area contributed by atoms with E-state index in [1.165, 1.54) is 6.20 Å². The average Bonchev–Trinajstić information content (AvgIpc) is 3.04. The zero-order valence-corrected chi connectivity index (χ0v) is 25.5. The molecule has 1 atom stereocenters. The van der Waals surface area contributed by atoms with Crippen molar-refractivity contribution < 1.29 is 9.59 Å². The highest BCUT2D eigenvalue weighted by Crippen LogP contribution is 2.28. The Morgan fingerprint density at radius 3 is 2.23 bits per heavy atom. The van der Waals surface area contributed by atoms with E-state index < -0.39 is 6.04 Å². The first-order chi connectivity index (χ1) is 20.9. The average molecular weight is 605 g/mol. The molecule has 4 aromatic carbocycles. The standard InChI is InChI=1S/C35H34N6O2.H2S/c1-40-17-19-41(20-18-40)33(35(43)38-29-14-11-25-9-5-6-10-26(25)21-29)31-16-13-28(23-37-31)34(42)39-32-22-27(12-15-30(32)36)24-7-3-2-4-8-24;/h2-16,21-23,33H,17-20,36H2,1H3,(H,38,43)(H,39,42);1H2.